The van der Waals surface area contributed by atoms with Crippen LogP contribution in [0.1, 0.15) is 10.4 Å². The number of carbonyl (C=O) groups is 1. The molecule has 2 heterocycles. The summed E-state index contributed by atoms with van der Waals surface area (Å²) in [6.45, 7) is 0. The van der Waals surface area contributed by atoms with Gasteiger partial charge in [-0.2, -0.15) is 0 Å². The predicted molar refractivity (Wildman–Crippen MR) is 122 cm³/mol. The van der Waals surface area contributed by atoms with Crippen molar-refractivity contribution in [2.24, 2.45) is 5.73 Å². The van der Waals surface area contributed by atoms with Crippen molar-refractivity contribution in [3.63, 3.8) is 0 Å². The number of anilines is 2. The zero-order valence-corrected chi connectivity index (χ0v) is 16.6. The molecule has 1 amide bonds. The number of hydrogen-bond donors (Lipinski definition) is 2. The Balaban J connectivity index is 1.79. The standard InChI is InChI=1S/C25H19N5O/c26-23(31)22-24(27-19-14-8-3-9-15-19)29-30-21(18-12-6-2-7-13-18)16-20(28-25(22)30)17-10-4-1-5-11-17/h1-16H,(H2,26,31)(H,27,29). The Kier molecular flexibility index (Phi) is 4.65. The van der Waals surface area contributed by atoms with E-state index in [9.17, 15) is 4.79 Å². The van der Waals surface area contributed by atoms with Crippen molar-refractivity contribution in [1.82, 2.24) is 14.6 Å². The van der Waals surface area contributed by atoms with E-state index in [4.69, 9.17) is 10.7 Å². The Hall–Kier alpha value is -4.45. The van der Waals surface area contributed by atoms with Gasteiger partial charge in [0.05, 0.1) is 11.4 Å². The highest BCUT2D eigenvalue weighted by Gasteiger charge is 2.22. The van der Waals surface area contributed by atoms with Gasteiger partial charge in [0.15, 0.2) is 11.5 Å². The fraction of sp³-hybridized carbons (Fsp3) is 0. The lowest BCUT2D eigenvalue weighted by Gasteiger charge is -2.09. The van der Waals surface area contributed by atoms with Gasteiger partial charge < -0.3 is 11.1 Å². The number of rotatable bonds is 5. The third kappa shape index (κ3) is 3.51. The van der Waals surface area contributed by atoms with E-state index in [-0.39, 0.29) is 5.56 Å². The first-order chi connectivity index (χ1) is 15.2. The Morgan fingerprint density at radius 3 is 2.00 bits per heavy atom. The minimum Gasteiger partial charge on any atom is -0.365 e. The molecule has 0 bridgehead atoms. The minimum absolute atomic E-state index is 0.249. The van der Waals surface area contributed by atoms with Crippen LogP contribution in [0.25, 0.3) is 28.2 Å². The lowest BCUT2D eigenvalue weighted by molar-refractivity contribution is 0.100. The topological polar surface area (TPSA) is 85.3 Å². The summed E-state index contributed by atoms with van der Waals surface area (Å²) in [5.41, 5.74) is 10.7. The number of nitrogens with zero attached hydrogens (tertiary/aromatic N) is 3. The van der Waals surface area contributed by atoms with E-state index >= 15 is 0 Å². The van der Waals surface area contributed by atoms with E-state index in [0.29, 0.717) is 11.5 Å². The smallest absolute Gasteiger partial charge is 0.256 e. The van der Waals surface area contributed by atoms with Crippen LogP contribution in [0, 0.1) is 0 Å². The zero-order valence-electron chi connectivity index (χ0n) is 16.6. The molecule has 0 radical (unpaired) electrons. The summed E-state index contributed by atoms with van der Waals surface area (Å²) in [4.78, 5) is 17.2. The van der Waals surface area contributed by atoms with Crippen LogP contribution < -0.4 is 11.1 Å². The zero-order chi connectivity index (χ0) is 21.2. The normalized spacial score (nSPS) is 10.8. The molecule has 0 saturated carbocycles. The number of hydrogen-bond acceptors (Lipinski definition) is 4. The van der Waals surface area contributed by atoms with E-state index in [2.05, 4.69) is 10.4 Å². The molecule has 0 aliphatic heterocycles. The number of carbonyl (C=O) groups excluding carboxylic acids is 1. The van der Waals surface area contributed by atoms with Crippen molar-refractivity contribution in [2.75, 3.05) is 5.32 Å². The molecule has 6 nitrogen and oxygen atoms in total. The number of nitrogens with one attached hydrogen (secondary N) is 1. The molecule has 0 saturated heterocycles. The molecule has 150 valence electrons. The summed E-state index contributed by atoms with van der Waals surface area (Å²) in [6, 6.07) is 31.2. The molecule has 3 aromatic carbocycles. The molecule has 3 N–H and O–H groups in total. The first-order valence-corrected chi connectivity index (χ1v) is 9.87. The average molecular weight is 405 g/mol. The van der Waals surface area contributed by atoms with Crippen molar-refractivity contribution in [3.8, 4) is 22.5 Å². The van der Waals surface area contributed by atoms with Crippen LogP contribution in [-0.4, -0.2) is 20.5 Å². The number of benzene rings is 3. The highest BCUT2D eigenvalue weighted by Crippen LogP contribution is 2.30. The van der Waals surface area contributed by atoms with Gasteiger partial charge in [-0.15, -0.1) is 5.10 Å². The third-order valence-electron chi connectivity index (χ3n) is 5.01. The molecule has 0 fully saturated rings. The second kappa shape index (κ2) is 7.76. The van der Waals surface area contributed by atoms with Gasteiger partial charge in [0.25, 0.3) is 5.91 Å². The molecule has 0 aliphatic carbocycles. The van der Waals surface area contributed by atoms with Crippen LogP contribution in [0.15, 0.2) is 97.1 Å². The van der Waals surface area contributed by atoms with E-state index in [0.717, 1.165) is 28.2 Å². The van der Waals surface area contributed by atoms with Crippen molar-refractivity contribution in [2.45, 2.75) is 0 Å². The fourth-order valence-corrected chi connectivity index (χ4v) is 3.56. The Morgan fingerprint density at radius 2 is 1.39 bits per heavy atom. The van der Waals surface area contributed by atoms with Gasteiger partial charge in [0, 0.05) is 16.8 Å². The monoisotopic (exact) mass is 405 g/mol. The van der Waals surface area contributed by atoms with Crippen molar-refractivity contribution in [1.29, 1.82) is 0 Å². The highest BCUT2D eigenvalue weighted by molar-refractivity contribution is 6.04. The van der Waals surface area contributed by atoms with Gasteiger partial charge in [-0.1, -0.05) is 78.9 Å². The molecule has 0 aliphatic rings. The Bertz CT molecular complexity index is 1360. The summed E-state index contributed by atoms with van der Waals surface area (Å²) in [6.07, 6.45) is 0. The van der Waals surface area contributed by atoms with Crippen molar-refractivity contribution in [3.05, 3.63) is 103 Å². The van der Waals surface area contributed by atoms with Gasteiger partial charge >= 0.3 is 0 Å². The molecular weight excluding hydrogens is 386 g/mol. The van der Waals surface area contributed by atoms with Gasteiger partial charge in [-0.3, -0.25) is 4.79 Å². The number of amides is 1. The molecular formula is C25H19N5O. The molecule has 6 heteroatoms. The average Bonchev–Trinajstić information content (AvgIpc) is 3.18. The van der Waals surface area contributed by atoms with Gasteiger partial charge in [0.2, 0.25) is 0 Å². The van der Waals surface area contributed by atoms with Crippen LogP contribution in [-0.2, 0) is 0 Å². The van der Waals surface area contributed by atoms with Crippen LogP contribution in [0.2, 0.25) is 0 Å². The van der Waals surface area contributed by atoms with Crippen LogP contribution in [0.5, 0.6) is 0 Å². The molecule has 0 unspecified atom stereocenters. The maximum Gasteiger partial charge on any atom is 0.256 e. The summed E-state index contributed by atoms with van der Waals surface area (Å²) in [5.74, 6) is -0.223. The maximum atomic E-state index is 12.5. The third-order valence-corrected chi connectivity index (χ3v) is 5.01. The first-order valence-electron chi connectivity index (χ1n) is 9.87. The fourth-order valence-electron chi connectivity index (χ4n) is 3.56. The van der Waals surface area contributed by atoms with Crippen molar-refractivity contribution >= 4 is 23.1 Å². The number of nitrogens with two attached hydrogens (primary N) is 1. The van der Waals surface area contributed by atoms with E-state index in [1.54, 1.807) is 4.52 Å². The second-order valence-corrected chi connectivity index (χ2v) is 7.07. The first kappa shape index (κ1) is 18.6. The summed E-state index contributed by atoms with van der Waals surface area (Å²) in [7, 11) is 0. The van der Waals surface area contributed by atoms with Crippen LogP contribution in [0.3, 0.4) is 0 Å². The summed E-state index contributed by atoms with van der Waals surface area (Å²) >= 11 is 0. The number of primary amides is 1. The van der Waals surface area contributed by atoms with E-state index in [1.165, 1.54) is 0 Å². The van der Waals surface area contributed by atoms with Crippen LogP contribution in [0.4, 0.5) is 11.5 Å². The molecule has 5 aromatic rings. The number of aromatic nitrogens is 3. The quantitative estimate of drug-likeness (QED) is 0.435. The SMILES string of the molecule is NC(=O)c1c(Nc2ccccc2)nn2c(-c3ccccc3)cc(-c3ccccc3)nc12. The Morgan fingerprint density at radius 1 is 0.806 bits per heavy atom. The molecule has 31 heavy (non-hydrogen) atoms. The molecule has 0 spiro atoms. The van der Waals surface area contributed by atoms with E-state index in [1.807, 2.05) is 97.1 Å². The van der Waals surface area contributed by atoms with Gasteiger partial charge in [-0.25, -0.2) is 9.50 Å². The lowest BCUT2D eigenvalue weighted by Crippen LogP contribution is -2.13. The number of fused-ring (bicyclic) bond motifs is 1. The predicted octanol–water partition coefficient (Wildman–Crippen LogP) is 4.91. The second-order valence-electron chi connectivity index (χ2n) is 7.07. The summed E-state index contributed by atoms with van der Waals surface area (Å²) in [5, 5.41) is 7.89. The van der Waals surface area contributed by atoms with E-state index < -0.39 is 5.91 Å². The van der Waals surface area contributed by atoms with Crippen molar-refractivity contribution < 1.29 is 4.79 Å². The van der Waals surface area contributed by atoms with Gasteiger partial charge in [0.1, 0.15) is 5.56 Å². The van der Waals surface area contributed by atoms with Gasteiger partial charge in [-0.05, 0) is 18.2 Å². The number of para-hydroxylation sites is 1. The molecule has 0 atom stereocenters. The maximum absolute atomic E-state index is 12.5. The molecule has 2 aromatic heterocycles. The lowest BCUT2D eigenvalue weighted by atomic mass is 10.1. The molecule has 5 rings (SSSR count). The van der Waals surface area contributed by atoms with Crippen LogP contribution >= 0.6 is 0 Å². The Labute approximate surface area is 179 Å². The minimum atomic E-state index is -0.592. The largest absolute Gasteiger partial charge is 0.365 e. The summed E-state index contributed by atoms with van der Waals surface area (Å²) < 4.78 is 1.67. The highest BCUT2D eigenvalue weighted by atomic mass is 16.1.